The van der Waals surface area contributed by atoms with Gasteiger partial charge in [0.1, 0.15) is 0 Å². The van der Waals surface area contributed by atoms with E-state index in [0.29, 0.717) is 0 Å². The Bertz CT molecular complexity index is 318. The predicted octanol–water partition coefficient (Wildman–Crippen LogP) is 1.48. The smallest absolute Gasteiger partial charge is 0.334 e. The molecule has 0 aliphatic heterocycles. The van der Waals surface area contributed by atoms with Crippen LogP contribution in [0.25, 0.3) is 0 Å². The molecule has 2 N–H and O–H groups in total. The molecule has 5 heteroatoms. The van der Waals surface area contributed by atoms with E-state index in [9.17, 15) is 4.79 Å². The van der Waals surface area contributed by atoms with Crippen LogP contribution in [-0.2, 0) is 0 Å². The number of rotatable bonds is 2. The van der Waals surface area contributed by atoms with Crippen LogP contribution in [0, 0.1) is 0 Å². The topological polar surface area (TPSA) is 58.7 Å². The van der Waals surface area contributed by atoms with E-state index in [1.54, 1.807) is 11.3 Å². The van der Waals surface area contributed by atoms with Crippen LogP contribution in [0.2, 0.25) is 0 Å². The van der Waals surface area contributed by atoms with Gasteiger partial charge in [0.15, 0.2) is 0 Å². The predicted molar refractivity (Wildman–Crippen MR) is 53.9 cm³/mol. The highest BCUT2D eigenvalue weighted by molar-refractivity contribution is 7.12. The molecule has 0 aromatic carbocycles. The highest BCUT2D eigenvalue weighted by atomic mass is 32.1. The number of hydrogen-bond donors (Lipinski definition) is 1. The molecular formula is C8H11N3OS. The summed E-state index contributed by atoms with van der Waals surface area (Å²) in [5.74, 6) is 0. The molecule has 4 nitrogen and oxygen atoms in total. The fraction of sp³-hybridized carbons (Fsp3) is 0.250. The fourth-order valence-corrected chi connectivity index (χ4v) is 1.48. The largest absolute Gasteiger partial charge is 0.350 e. The summed E-state index contributed by atoms with van der Waals surface area (Å²) in [7, 11) is 1.53. The SMILES string of the molecule is C/C(=N/N(C)C(N)=O)c1cccs1. The van der Waals surface area contributed by atoms with Crippen molar-refractivity contribution in [3.63, 3.8) is 0 Å². The van der Waals surface area contributed by atoms with Gasteiger partial charge in [-0.25, -0.2) is 9.80 Å². The minimum Gasteiger partial charge on any atom is -0.350 e. The summed E-state index contributed by atoms with van der Waals surface area (Å²) in [5.41, 5.74) is 5.81. The summed E-state index contributed by atoms with van der Waals surface area (Å²) in [6.07, 6.45) is 0. The zero-order chi connectivity index (χ0) is 9.84. The first-order valence-electron chi connectivity index (χ1n) is 3.73. The molecule has 0 saturated heterocycles. The standard InChI is InChI=1S/C8H11N3OS/c1-6(7-4-3-5-13-7)10-11(2)8(9)12/h3-5H,1-2H3,(H2,9,12)/b10-6-. The molecule has 2 amide bonds. The second-order valence-corrected chi connectivity index (χ2v) is 3.47. The van der Waals surface area contributed by atoms with Crippen LogP contribution in [0.3, 0.4) is 0 Å². The Hall–Kier alpha value is -1.36. The first-order valence-corrected chi connectivity index (χ1v) is 4.61. The number of thiophene rings is 1. The van der Waals surface area contributed by atoms with Crippen LogP contribution in [0.5, 0.6) is 0 Å². The number of primary amides is 1. The van der Waals surface area contributed by atoms with Crippen molar-refractivity contribution in [3.05, 3.63) is 22.4 Å². The molecule has 13 heavy (non-hydrogen) atoms. The lowest BCUT2D eigenvalue weighted by Gasteiger charge is -2.07. The van der Waals surface area contributed by atoms with Gasteiger partial charge in [-0.2, -0.15) is 5.10 Å². The summed E-state index contributed by atoms with van der Waals surface area (Å²) < 4.78 is 0. The van der Waals surface area contributed by atoms with Crippen molar-refractivity contribution in [2.45, 2.75) is 6.92 Å². The Morgan fingerprint density at radius 3 is 2.85 bits per heavy atom. The number of nitrogens with zero attached hydrogens (tertiary/aromatic N) is 2. The minimum atomic E-state index is -0.559. The van der Waals surface area contributed by atoms with Crippen LogP contribution in [0.15, 0.2) is 22.6 Å². The molecule has 1 aromatic rings. The molecule has 1 rings (SSSR count). The molecular weight excluding hydrogens is 186 g/mol. The van der Waals surface area contributed by atoms with Gasteiger partial charge in [0.25, 0.3) is 0 Å². The number of nitrogens with two attached hydrogens (primary N) is 1. The van der Waals surface area contributed by atoms with E-state index in [4.69, 9.17) is 5.73 Å². The average Bonchev–Trinajstić information content (AvgIpc) is 2.55. The van der Waals surface area contributed by atoms with Crippen LogP contribution < -0.4 is 5.73 Å². The molecule has 1 heterocycles. The Balaban J connectivity index is 2.78. The highest BCUT2D eigenvalue weighted by Crippen LogP contribution is 2.09. The molecule has 0 bridgehead atoms. The first-order chi connectivity index (χ1) is 6.11. The van der Waals surface area contributed by atoms with Gasteiger partial charge in [0.05, 0.1) is 10.6 Å². The second-order valence-electron chi connectivity index (χ2n) is 2.52. The van der Waals surface area contributed by atoms with Gasteiger partial charge in [-0.05, 0) is 18.4 Å². The van der Waals surface area contributed by atoms with Crippen molar-refractivity contribution in [2.75, 3.05) is 7.05 Å². The Morgan fingerprint density at radius 2 is 2.38 bits per heavy atom. The summed E-state index contributed by atoms with van der Waals surface area (Å²) in [6, 6.07) is 3.32. The van der Waals surface area contributed by atoms with Crippen LogP contribution in [0.4, 0.5) is 4.79 Å². The monoisotopic (exact) mass is 197 g/mol. The molecule has 0 aliphatic carbocycles. The van der Waals surface area contributed by atoms with Crippen molar-refractivity contribution in [2.24, 2.45) is 10.8 Å². The van der Waals surface area contributed by atoms with Gasteiger partial charge in [-0.1, -0.05) is 6.07 Å². The summed E-state index contributed by atoms with van der Waals surface area (Å²) >= 11 is 1.58. The maximum Gasteiger partial charge on any atom is 0.334 e. The molecule has 0 saturated carbocycles. The van der Waals surface area contributed by atoms with E-state index in [-0.39, 0.29) is 0 Å². The average molecular weight is 197 g/mol. The number of hydrazone groups is 1. The van der Waals surface area contributed by atoms with Crippen LogP contribution in [0.1, 0.15) is 11.8 Å². The molecule has 0 radical (unpaired) electrons. The fourth-order valence-electron chi connectivity index (χ4n) is 0.808. The third-order valence-corrected chi connectivity index (χ3v) is 2.48. The molecule has 0 atom stereocenters. The quantitative estimate of drug-likeness (QED) is 0.566. The first kappa shape index (κ1) is 9.73. The number of urea groups is 1. The number of amides is 2. The van der Waals surface area contributed by atoms with Crippen molar-refractivity contribution < 1.29 is 4.79 Å². The van der Waals surface area contributed by atoms with Gasteiger partial charge < -0.3 is 5.73 Å². The lowest BCUT2D eigenvalue weighted by Crippen LogP contribution is -2.28. The molecule has 0 aliphatic rings. The summed E-state index contributed by atoms with van der Waals surface area (Å²) in [6.45, 7) is 1.84. The minimum absolute atomic E-state index is 0.559. The van der Waals surface area contributed by atoms with Gasteiger partial charge >= 0.3 is 6.03 Å². The maximum absolute atomic E-state index is 10.6. The summed E-state index contributed by atoms with van der Waals surface area (Å²) in [4.78, 5) is 11.7. The summed E-state index contributed by atoms with van der Waals surface area (Å²) in [5, 5.41) is 7.08. The van der Waals surface area contributed by atoms with Gasteiger partial charge in [0.2, 0.25) is 0 Å². The van der Waals surface area contributed by atoms with E-state index in [2.05, 4.69) is 5.10 Å². The number of carbonyl (C=O) groups excluding carboxylic acids is 1. The van der Waals surface area contributed by atoms with E-state index in [1.165, 1.54) is 7.05 Å². The van der Waals surface area contributed by atoms with E-state index >= 15 is 0 Å². The van der Waals surface area contributed by atoms with Crippen molar-refractivity contribution in [3.8, 4) is 0 Å². The van der Waals surface area contributed by atoms with Gasteiger partial charge in [-0.3, -0.25) is 0 Å². The molecule has 0 unspecified atom stereocenters. The number of carbonyl (C=O) groups is 1. The Morgan fingerprint density at radius 1 is 1.69 bits per heavy atom. The lowest BCUT2D eigenvalue weighted by molar-refractivity contribution is 0.220. The lowest BCUT2D eigenvalue weighted by atomic mass is 10.3. The van der Waals surface area contributed by atoms with Crippen molar-refractivity contribution in [1.29, 1.82) is 0 Å². The van der Waals surface area contributed by atoms with Gasteiger partial charge in [-0.15, -0.1) is 11.3 Å². The third kappa shape index (κ3) is 2.55. The van der Waals surface area contributed by atoms with Crippen LogP contribution >= 0.6 is 11.3 Å². The molecule has 0 fully saturated rings. The Kier molecular flexibility index (Phi) is 3.02. The Labute approximate surface area is 80.7 Å². The second kappa shape index (κ2) is 4.04. The third-order valence-electron chi connectivity index (χ3n) is 1.50. The van der Waals surface area contributed by atoms with E-state index in [0.717, 1.165) is 15.6 Å². The highest BCUT2D eigenvalue weighted by Gasteiger charge is 2.03. The van der Waals surface area contributed by atoms with Gasteiger partial charge in [0, 0.05) is 7.05 Å². The molecule has 70 valence electrons. The zero-order valence-electron chi connectivity index (χ0n) is 7.52. The van der Waals surface area contributed by atoms with E-state index < -0.39 is 6.03 Å². The van der Waals surface area contributed by atoms with Crippen molar-refractivity contribution in [1.82, 2.24) is 5.01 Å². The normalized spacial score (nSPS) is 11.4. The van der Waals surface area contributed by atoms with E-state index in [1.807, 2.05) is 24.4 Å². The molecule has 0 spiro atoms. The maximum atomic E-state index is 10.6. The molecule has 1 aromatic heterocycles. The van der Waals surface area contributed by atoms with Crippen molar-refractivity contribution >= 4 is 23.1 Å². The van der Waals surface area contributed by atoms with Crippen LogP contribution in [-0.4, -0.2) is 23.8 Å². The number of hydrogen-bond acceptors (Lipinski definition) is 3. The zero-order valence-corrected chi connectivity index (χ0v) is 8.34.